The van der Waals surface area contributed by atoms with Crippen molar-refractivity contribution in [2.24, 2.45) is 0 Å². The van der Waals surface area contributed by atoms with Crippen LogP contribution in [-0.4, -0.2) is 16.3 Å². The largest absolute Gasteiger partial charge is 0.396 e. The van der Waals surface area contributed by atoms with Crippen molar-refractivity contribution < 1.29 is 5.11 Å². The van der Waals surface area contributed by atoms with Crippen LogP contribution in [0, 0.1) is 0 Å². The second-order valence-electron chi connectivity index (χ2n) is 4.43. The number of aryl methyl sites for hydroxylation is 2. The molecule has 0 radical (unpaired) electrons. The number of aliphatic hydroxyl groups is 1. The van der Waals surface area contributed by atoms with Crippen molar-refractivity contribution in [2.75, 3.05) is 6.61 Å². The quantitative estimate of drug-likeness (QED) is 0.871. The summed E-state index contributed by atoms with van der Waals surface area (Å²) in [6.07, 6.45) is 4.81. The van der Waals surface area contributed by atoms with Crippen LogP contribution in [0.4, 0.5) is 0 Å². The van der Waals surface area contributed by atoms with Gasteiger partial charge in [0.15, 0.2) is 0 Å². The third-order valence-electron chi connectivity index (χ3n) is 3.08. The minimum absolute atomic E-state index is 0.210. The first-order chi connectivity index (χ1) is 8.69. The Bertz CT molecular complexity index is 548. The van der Waals surface area contributed by atoms with E-state index in [9.17, 15) is 0 Å². The molecule has 4 heteroatoms. The second kappa shape index (κ2) is 5.96. The lowest BCUT2D eigenvalue weighted by atomic mass is 10.1. The van der Waals surface area contributed by atoms with Gasteiger partial charge in [-0.3, -0.25) is 0 Å². The maximum atomic E-state index is 8.95. The lowest BCUT2D eigenvalue weighted by Crippen LogP contribution is -1.94. The maximum Gasteiger partial charge on any atom is 0.0835 e. The highest BCUT2D eigenvalue weighted by Gasteiger charge is 2.13. The van der Waals surface area contributed by atoms with Crippen molar-refractivity contribution >= 4 is 34.1 Å². The van der Waals surface area contributed by atoms with E-state index in [1.165, 1.54) is 5.56 Å². The molecule has 0 unspecified atom stereocenters. The summed E-state index contributed by atoms with van der Waals surface area (Å²) in [6, 6.07) is 3.85. The Morgan fingerprint density at radius 2 is 2.06 bits per heavy atom. The number of aliphatic hydroxyl groups excluding tert-OH is 1. The van der Waals surface area contributed by atoms with Crippen LogP contribution >= 0.6 is 23.2 Å². The van der Waals surface area contributed by atoms with Gasteiger partial charge in [0.05, 0.1) is 15.6 Å². The van der Waals surface area contributed by atoms with Crippen molar-refractivity contribution in [1.82, 2.24) is 4.57 Å². The van der Waals surface area contributed by atoms with Crippen LogP contribution in [0.5, 0.6) is 0 Å². The van der Waals surface area contributed by atoms with E-state index in [-0.39, 0.29) is 6.61 Å². The molecule has 0 fully saturated rings. The summed E-state index contributed by atoms with van der Waals surface area (Å²) < 4.78 is 2.16. The normalized spacial score (nSPS) is 11.3. The van der Waals surface area contributed by atoms with E-state index in [1.54, 1.807) is 0 Å². The molecule has 0 saturated carbocycles. The summed E-state index contributed by atoms with van der Waals surface area (Å²) in [5.41, 5.74) is 2.24. The van der Waals surface area contributed by atoms with Crippen molar-refractivity contribution in [3.8, 4) is 0 Å². The molecular formula is C14H17Cl2NO. The van der Waals surface area contributed by atoms with Gasteiger partial charge < -0.3 is 9.67 Å². The molecule has 0 spiro atoms. The van der Waals surface area contributed by atoms with Gasteiger partial charge in [-0.25, -0.2) is 0 Å². The monoisotopic (exact) mass is 285 g/mol. The standard InChI is InChI=1S/C14H17Cl2NO/c1-2-7-17-9-10(4-3-8-18)11-5-6-12(15)13(16)14(11)17/h5-6,9,18H,2-4,7-8H2,1H3. The number of nitrogens with zero attached hydrogens (tertiary/aromatic N) is 1. The number of halogens is 2. The van der Waals surface area contributed by atoms with Crippen LogP contribution in [0.2, 0.25) is 10.0 Å². The van der Waals surface area contributed by atoms with Gasteiger partial charge in [-0.2, -0.15) is 0 Å². The molecule has 0 aliphatic rings. The highest BCUT2D eigenvalue weighted by Crippen LogP contribution is 2.34. The minimum Gasteiger partial charge on any atom is -0.396 e. The highest BCUT2D eigenvalue weighted by molar-refractivity contribution is 6.45. The topological polar surface area (TPSA) is 25.2 Å². The second-order valence-corrected chi connectivity index (χ2v) is 5.22. The molecule has 18 heavy (non-hydrogen) atoms. The number of benzene rings is 1. The number of rotatable bonds is 5. The zero-order valence-corrected chi connectivity index (χ0v) is 11.9. The fourth-order valence-electron chi connectivity index (χ4n) is 2.29. The van der Waals surface area contributed by atoms with E-state index in [1.807, 2.05) is 12.1 Å². The minimum atomic E-state index is 0.210. The lowest BCUT2D eigenvalue weighted by Gasteiger charge is -2.05. The molecule has 2 aromatic rings. The number of hydrogen-bond donors (Lipinski definition) is 1. The summed E-state index contributed by atoms with van der Waals surface area (Å²) in [5, 5.41) is 11.3. The van der Waals surface area contributed by atoms with Crippen molar-refractivity contribution in [3.05, 3.63) is 33.9 Å². The molecule has 2 rings (SSSR count). The van der Waals surface area contributed by atoms with Gasteiger partial charge >= 0.3 is 0 Å². The van der Waals surface area contributed by atoms with E-state index in [4.69, 9.17) is 28.3 Å². The zero-order chi connectivity index (χ0) is 13.1. The average molecular weight is 286 g/mol. The Morgan fingerprint density at radius 3 is 2.72 bits per heavy atom. The molecule has 1 N–H and O–H groups in total. The number of hydrogen-bond acceptors (Lipinski definition) is 1. The first-order valence-electron chi connectivity index (χ1n) is 6.25. The predicted molar refractivity (Wildman–Crippen MR) is 77.7 cm³/mol. The van der Waals surface area contributed by atoms with Crippen molar-refractivity contribution in [3.63, 3.8) is 0 Å². The van der Waals surface area contributed by atoms with Crippen molar-refractivity contribution in [1.29, 1.82) is 0 Å². The number of aromatic nitrogens is 1. The Balaban J connectivity index is 2.56. The molecule has 0 saturated heterocycles. The smallest absolute Gasteiger partial charge is 0.0835 e. The highest BCUT2D eigenvalue weighted by atomic mass is 35.5. The van der Waals surface area contributed by atoms with E-state index in [0.717, 1.165) is 36.7 Å². The predicted octanol–water partition coefficient (Wildman–Crippen LogP) is 4.28. The molecule has 0 aliphatic carbocycles. The summed E-state index contributed by atoms with van der Waals surface area (Å²) in [7, 11) is 0. The molecule has 98 valence electrons. The van der Waals surface area contributed by atoms with Gasteiger partial charge in [-0.1, -0.05) is 36.2 Å². The fraction of sp³-hybridized carbons (Fsp3) is 0.429. The van der Waals surface area contributed by atoms with E-state index < -0.39 is 0 Å². The van der Waals surface area contributed by atoms with Gasteiger partial charge in [0.1, 0.15) is 0 Å². The van der Waals surface area contributed by atoms with Gasteiger partial charge in [0.2, 0.25) is 0 Å². The average Bonchev–Trinajstić information content (AvgIpc) is 2.70. The molecular weight excluding hydrogens is 269 g/mol. The summed E-state index contributed by atoms with van der Waals surface area (Å²) in [6.45, 7) is 3.27. The third-order valence-corrected chi connectivity index (χ3v) is 3.88. The first-order valence-corrected chi connectivity index (χ1v) is 7.01. The first kappa shape index (κ1) is 13.7. The Hall–Kier alpha value is -0.700. The van der Waals surface area contributed by atoms with Gasteiger partial charge in [0.25, 0.3) is 0 Å². The van der Waals surface area contributed by atoms with E-state index in [0.29, 0.717) is 10.0 Å². The van der Waals surface area contributed by atoms with Crippen LogP contribution in [0.15, 0.2) is 18.3 Å². The number of fused-ring (bicyclic) bond motifs is 1. The maximum absolute atomic E-state index is 8.95. The van der Waals surface area contributed by atoms with Gasteiger partial charge in [-0.05, 0) is 30.9 Å². The van der Waals surface area contributed by atoms with Crippen LogP contribution in [0.1, 0.15) is 25.3 Å². The fourth-order valence-corrected chi connectivity index (χ4v) is 2.71. The molecule has 1 aromatic carbocycles. The van der Waals surface area contributed by atoms with E-state index >= 15 is 0 Å². The van der Waals surface area contributed by atoms with Gasteiger partial charge in [0, 0.05) is 24.7 Å². The molecule has 1 aromatic heterocycles. The van der Waals surface area contributed by atoms with Crippen LogP contribution in [0.25, 0.3) is 10.9 Å². The SMILES string of the molecule is CCCn1cc(CCCO)c2ccc(Cl)c(Cl)c21. The molecule has 2 nitrogen and oxygen atoms in total. The summed E-state index contributed by atoms with van der Waals surface area (Å²) >= 11 is 12.4. The molecule has 0 amide bonds. The van der Waals surface area contributed by atoms with Crippen LogP contribution in [-0.2, 0) is 13.0 Å². The Morgan fingerprint density at radius 1 is 1.28 bits per heavy atom. The summed E-state index contributed by atoms with van der Waals surface area (Å²) in [5.74, 6) is 0. The molecule has 0 aliphatic heterocycles. The van der Waals surface area contributed by atoms with Crippen LogP contribution in [0.3, 0.4) is 0 Å². The van der Waals surface area contributed by atoms with Gasteiger partial charge in [-0.15, -0.1) is 0 Å². The molecule has 0 atom stereocenters. The van der Waals surface area contributed by atoms with Crippen LogP contribution < -0.4 is 0 Å². The molecule has 0 bridgehead atoms. The molecule has 1 heterocycles. The van der Waals surface area contributed by atoms with Crippen molar-refractivity contribution in [2.45, 2.75) is 32.7 Å². The third kappa shape index (κ3) is 2.51. The zero-order valence-electron chi connectivity index (χ0n) is 10.4. The van der Waals surface area contributed by atoms with E-state index in [2.05, 4.69) is 17.7 Å². The Labute approximate surface area is 117 Å². The summed E-state index contributed by atoms with van der Waals surface area (Å²) in [4.78, 5) is 0. The lowest BCUT2D eigenvalue weighted by molar-refractivity contribution is 0.288. The Kier molecular flexibility index (Phi) is 4.55.